The lowest BCUT2D eigenvalue weighted by Gasteiger charge is -2.30. The van der Waals surface area contributed by atoms with Gasteiger partial charge in [0.25, 0.3) is 0 Å². The minimum absolute atomic E-state index is 0.0599. The van der Waals surface area contributed by atoms with Crippen LogP contribution in [0.4, 0.5) is 13.2 Å². The third-order valence-corrected chi connectivity index (χ3v) is 4.50. The van der Waals surface area contributed by atoms with E-state index in [9.17, 15) is 18.0 Å². The summed E-state index contributed by atoms with van der Waals surface area (Å²) in [7, 11) is 0. The fraction of sp³-hybridized carbons (Fsp3) is 0.500. The maximum Gasteiger partial charge on any atom is 0.417 e. The molecule has 0 spiro atoms. The summed E-state index contributed by atoms with van der Waals surface area (Å²) in [5.41, 5.74) is -0.758. The fourth-order valence-corrected chi connectivity index (χ4v) is 3.34. The highest BCUT2D eigenvalue weighted by Gasteiger charge is 2.34. The van der Waals surface area contributed by atoms with Crippen molar-refractivity contribution < 1.29 is 13.2 Å². The predicted octanol–water partition coefficient (Wildman–Crippen LogP) is 3.17. The van der Waals surface area contributed by atoms with Gasteiger partial charge < -0.3 is 10.3 Å². The molecule has 1 aromatic heterocycles. The molecule has 8 heteroatoms. The summed E-state index contributed by atoms with van der Waals surface area (Å²) in [5, 5.41) is 2.84. The van der Waals surface area contributed by atoms with Crippen molar-refractivity contribution in [1.82, 2.24) is 14.9 Å². The Kier molecular flexibility index (Phi) is 3.72. The number of H-pyrrole nitrogens is 1. The van der Waals surface area contributed by atoms with Crippen molar-refractivity contribution in [3.63, 3.8) is 0 Å². The van der Waals surface area contributed by atoms with Gasteiger partial charge in [-0.1, -0.05) is 18.5 Å². The first-order valence-corrected chi connectivity index (χ1v) is 7.38. The van der Waals surface area contributed by atoms with Crippen LogP contribution in [0.5, 0.6) is 0 Å². The number of aromatic amines is 1. The minimum Gasteiger partial charge on any atom is -0.316 e. The zero-order chi connectivity index (χ0) is 16.1. The quantitative estimate of drug-likeness (QED) is 0.842. The van der Waals surface area contributed by atoms with Crippen LogP contribution in [0.15, 0.2) is 16.9 Å². The number of nitrogens with zero attached hydrogens (tertiary/aromatic N) is 1. The Morgan fingerprint density at radius 2 is 2.09 bits per heavy atom. The third kappa shape index (κ3) is 2.52. The Hall–Kier alpha value is -1.47. The number of piperidine rings is 1. The molecule has 2 heterocycles. The number of alkyl halides is 3. The van der Waals surface area contributed by atoms with Crippen LogP contribution in [-0.4, -0.2) is 22.6 Å². The first kappa shape index (κ1) is 15.4. The van der Waals surface area contributed by atoms with Crippen LogP contribution in [0.3, 0.4) is 0 Å². The second-order valence-corrected chi connectivity index (χ2v) is 6.09. The van der Waals surface area contributed by atoms with Crippen molar-refractivity contribution in [3.8, 4) is 0 Å². The van der Waals surface area contributed by atoms with E-state index in [-0.39, 0.29) is 17.5 Å². The smallest absolute Gasteiger partial charge is 0.316 e. The van der Waals surface area contributed by atoms with Gasteiger partial charge in [-0.3, -0.25) is 4.57 Å². The Morgan fingerprint density at radius 3 is 2.73 bits per heavy atom. The molecule has 0 saturated carbocycles. The molecule has 2 aromatic rings. The Labute approximate surface area is 129 Å². The average Bonchev–Trinajstić information content (AvgIpc) is 2.73. The molecule has 1 aliphatic heterocycles. The molecule has 1 aromatic carbocycles. The Bertz CT molecular complexity index is 765. The number of hydrogen-bond acceptors (Lipinski definition) is 2. The van der Waals surface area contributed by atoms with E-state index in [0.717, 1.165) is 25.6 Å². The first-order chi connectivity index (χ1) is 10.3. The number of halogens is 4. The molecule has 120 valence electrons. The van der Waals surface area contributed by atoms with Crippen LogP contribution >= 0.6 is 11.6 Å². The van der Waals surface area contributed by atoms with Crippen molar-refractivity contribution >= 4 is 22.6 Å². The van der Waals surface area contributed by atoms with Crippen molar-refractivity contribution in [2.24, 2.45) is 5.92 Å². The van der Waals surface area contributed by atoms with E-state index in [1.54, 1.807) is 0 Å². The fourth-order valence-electron chi connectivity index (χ4n) is 3.08. The topological polar surface area (TPSA) is 49.8 Å². The van der Waals surface area contributed by atoms with Crippen molar-refractivity contribution in [2.75, 3.05) is 13.1 Å². The largest absolute Gasteiger partial charge is 0.417 e. The third-order valence-electron chi connectivity index (χ3n) is 4.18. The summed E-state index contributed by atoms with van der Waals surface area (Å²) in [6.45, 7) is 3.54. The van der Waals surface area contributed by atoms with E-state index in [0.29, 0.717) is 5.52 Å². The Morgan fingerprint density at radius 1 is 1.36 bits per heavy atom. The average molecular weight is 334 g/mol. The number of imidazole rings is 1. The summed E-state index contributed by atoms with van der Waals surface area (Å²) in [6, 6.07) is 2.07. The normalized spacial score (nSPS) is 23.1. The van der Waals surface area contributed by atoms with Crippen LogP contribution in [0, 0.1) is 5.92 Å². The number of nitrogens with one attached hydrogen (secondary N) is 2. The summed E-state index contributed by atoms with van der Waals surface area (Å²) in [5.74, 6) is 0.200. The molecular weight excluding hydrogens is 319 g/mol. The van der Waals surface area contributed by atoms with E-state index in [1.807, 2.05) is 6.92 Å². The van der Waals surface area contributed by atoms with Crippen molar-refractivity contribution in [3.05, 3.63) is 33.2 Å². The van der Waals surface area contributed by atoms with Crippen molar-refractivity contribution in [2.45, 2.75) is 25.6 Å². The van der Waals surface area contributed by atoms with Gasteiger partial charge in [0.1, 0.15) is 0 Å². The molecule has 22 heavy (non-hydrogen) atoms. The zero-order valence-corrected chi connectivity index (χ0v) is 12.6. The minimum atomic E-state index is -4.55. The van der Waals surface area contributed by atoms with Crippen LogP contribution in [0.2, 0.25) is 5.02 Å². The monoisotopic (exact) mass is 333 g/mol. The molecule has 2 atom stereocenters. The van der Waals surface area contributed by atoms with E-state index < -0.39 is 22.5 Å². The number of fused-ring (bicyclic) bond motifs is 1. The molecule has 2 unspecified atom stereocenters. The second kappa shape index (κ2) is 5.31. The van der Waals surface area contributed by atoms with E-state index in [1.165, 1.54) is 10.6 Å². The molecule has 0 radical (unpaired) electrons. The van der Waals surface area contributed by atoms with Gasteiger partial charge in [-0.15, -0.1) is 0 Å². The number of hydrogen-bond donors (Lipinski definition) is 2. The van der Waals surface area contributed by atoms with Crippen LogP contribution in [0.25, 0.3) is 11.0 Å². The standard InChI is InChI=1S/C14H15ClF3N3O/c1-7-6-19-3-2-11(7)21-12-5-9(15)8(14(16,17)18)4-10(12)20-13(21)22/h4-5,7,11,19H,2-3,6H2,1H3,(H,20,22). The SMILES string of the molecule is CC1CNCCC1n1c(=O)[nH]c2cc(C(F)(F)F)c(Cl)cc21. The highest BCUT2D eigenvalue weighted by molar-refractivity contribution is 6.32. The predicted molar refractivity (Wildman–Crippen MR) is 78.3 cm³/mol. The molecular formula is C14H15ClF3N3O. The number of benzene rings is 1. The van der Waals surface area contributed by atoms with Crippen LogP contribution in [0.1, 0.15) is 24.9 Å². The van der Waals surface area contributed by atoms with E-state index in [4.69, 9.17) is 11.6 Å². The van der Waals surface area contributed by atoms with Gasteiger partial charge in [0.05, 0.1) is 21.6 Å². The van der Waals surface area contributed by atoms with Gasteiger partial charge in [-0.2, -0.15) is 13.2 Å². The lowest BCUT2D eigenvalue weighted by molar-refractivity contribution is -0.137. The van der Waals surface area contributed by atoms with Gasteiger partial charge in [0, 0.05) is 6.04 Å². The molecule has 1 saturated heterocycles. The molecule has 0 bridgehead atoms. The summed E-state index contributed by atoms with van der Waals surface area (Å²) in [4.78, 5) is 14.7. The summed E-state index contributed by atoms with van der Waals surface area (Å²) >= 11 is 5.78. The second-order valence-electron chi connectivity index (χ2n) is 5.68. The Balaban J connectivity index is 2.18. The molecule has 2 N–H and O–H groups in total. The molecule has 1 fully saturated rings. The maximum absolute atomic E-state index is 12.9. The number of rotatable bonds is 1. The highest BCUT2D eigenvalue weighted by Crippen LogP contribution is 2.37. The highest BCUT2D eigenvalue weighted by atomic mass is 35.5. The molecule has 4 nitrogen and oxygen atoms in total. The summed E-state index contributed by atoms with van der Waals surface area (Å²) in [6.07, 6.45) is -3.81. The number of aromatic nitrogens is 2. The zero-order valence-electron chi connectivity index (χ0n) is 11.8. The molecule has 1 aliphatic rings. The van der Waals surface area contributed by atoms with Gasteiger partial charge in [0.15, 0.2) is 0 Å². The molecule has 3 rings (SSSR count). The molecule has 0 aliphatic carbocycles. The lowest BCUT2D eigenvalue weighted by atomic mass is 9.95. The van der Waals surface area contributed by atoms with Gasteiger partial charge >= 0.3 is 11.9 Å². The van der Waals surface area contributed by atoms with E-state index >= 15 is 0 Å². The molecule has 0 amide bonds. The first-order valence-electron chi connectivity index (χ1n) is 7.00. The maximum atomic E-state index is 12.9. The van der Waals surface area contributed by atoms with Gasteiger partial charge in [-0.05, 0) is 37.6 Å². The van der Waals surface area contributed by atoms with Gasteiger partial charge in [-0.25, -0.2) is 4.79 Å². The summed E-state index contributed by atoms with van der Waals surface area (Å²) < 4.78 is 40.3. The van der Waals surface area contributed by atoms with Crippen LogP contribution in [-0.2, 0) is 6.18 Å². The van der Waals surface area contributed by atoms with E-state index in [2.05, 4.69) is 10.3 Å². The van der Waals surface area contributed by atoms with Crippen LogP contribution < -0.4 is 11.0 Å². The van der Waals surface area contributed by atoms with Crippen molar-refractivity contribution in [1.29, 1.82) is 0 Å². The van der Waals surface area contributed by atoms with Gasteiger partial charge in [0.2, 0.25) is 0 Å². The lowest BCUT2D eigenvalue weighted by Crippen LogP contribution is -2.39.